The van der Waals surface area contributed by atoms with Gasteiger partial charge in [-0.2, -0.15) is 0 Å². The molecule has 1 atom stereocenters. The van der Waals surface area contributed by atoms with E-state index in [4.69, 9.17) is 0 Å². The molecule has 0 radical (unpaired) electrons. The normalized spacial score (nSPS) is 12.2. The number of carbonyl (C=O) groups is 1. The van der Waals surface area contributed by atoms with Crippen molar-refractivity contribution in [3.63, 3.8) is 0 Å². The van der Waals surface area contributed by atoms with Crippen LogP contribution in [0.2, 0.25) is 0 Å². The quantitative estimate of drug-likeness (QED) is 0.636. The lowest BCUT2D eigenvalue weighted by Gasteiger charge is -2.13. The molecule has 0 aliphatic heterocycles. The second-order valence-electron chi connectivity index (χ2n) is 5.91. The van der Waals surface area contributed by atoms with Crippen LogP contribution >= 0.6 is 0 Å². The van der Waals surface area contributed by atoms with Crippen molar-refractivity contribution in [1.82, 2.24) is 10.6 Å². The number of hydrogen-bond donors (Lipinski definition) is 3. The van der Waals surface area contributed by atoms with Gasteiger partial charge in [0.25, 0.3) is 0 Å². The average Bonchev–Trinajstić information content (AvgIpc) is 2.46. The predicted molar refractivity (Wildman–Crippen MR) is 89.6 cm³/mol. The number of anilines is 1. The number of urea groups is 1. The van der Waals surface area contributed by atoms with E-state index in [9.17, 15) is 4.79 Å². The molecule has 0 aliphatic carbocycles. The van der Waals surface area contributed by atoms with Gasteiger partial charge in [0, 0.05) is 18.3 Å². The van der Waals surface area contributed by atoms with E-state index in [1.165, 1.54) is 6.42 Å². The maximum atomic E-state index is 11.8. The van der Waals surface area contributed by atoms with E-state index in [1.54, 1.807) is 0 Å². The van der Waals surface area contributed by atoms with Crippen LogP contribution in [-0.4, -0.2) is 19.6 Å². The summed E-state index contributed by atoms with van der Waals surface area (Å²) in [6.07, 6.45) is 3.41. The molecule has 118 valence electrons. The molecule has 0 saturated carbocycles. The number of hydrogen-bond acceptors (Lipinski definition) is 2. The minimum Gasteiger partial charge on any atom is -0.338 e. The fourth-order valence-electron chi connectivity index (χ4n) is 2.11. The Balaban J connectivity index is 2.34. The fourth-order valence-corrected chi connectivity index (χ4v) is 2.11. The van der Waals surface area contributed by atoms with Crippen LogP contribution in [0.5, 0.6) is 0 Å². The summed E-state index contributed by atoms with van der Waals surface area (Å²) in [6, 6.07) is 8.06. The van der Waals surface area contributed by atoms with Gasteiger partial charge in [-0.15, -0.1) is 0 Å². The third kappa shape index (κ3) is 7.14. The highest BCUT2D eigenvalue weighted by Gasteiger charge is 2.05. The van der Waals surface area contributed by atoms with Crippen LogP contribution in [0.4, 0.5) is 10.5 Å². The van der Waals surface area contributed by atoms with Crippen LogP contribution < -0.4 is 16.0 Å². The van der Waals surface area contributed by atoms with Gasteiger partial charge in [-0.05, 0) is 44.0 Å². The summed E-state index contributed by atoms with van der Waals surface area (Å²) in [7, 11) is 1.93. The molecule has 0 aliphatic rings. The van der Waals surface area contributed by atoms with Crippen LogP contribution in [0.3, 0.4) is 0 Å². The first kappa shape index (κ1) is 17.5. The first-order valence-corrected chi connectivity index (χ1v) is 7.85. The molecule has 0 spiro atoms. The topological polar surface area (TPSA) is 53.2 Å². The number of rotatable bonds is 8. The molecule has 1 aromatic rings. The molecular weight excluding hydrogens is 262 g/mol. The van der Waals surface area contributed by atoms with Crippen LogP contribution in [-0.2, 0) is 0 Å². The Morgan fingerprint density at radius 2 is 1.95 bits per heavy atom. The van der Waals surface area contributed by atoms with Crippen LogP contribution in [0.15, 0.2) is 24.3 Å². The van der Waals surface area contributed by atoms with Gasteiger partial charge in [0.05, 0.1) is 0 Å². The maximum absolute atomic E-state index is 11.8. The van der Waals surface area contributed by atoms with Crippen molar-refractivity contribution in [3.8, 4) is 0 Å². The zero-order chi connectivity index (χ0) is 15.7. The Morgan fingerprint density at radius 1 is 1.19 bits per heavy atom. The molecule has 0 aromatic heterocycles. The predicted octanol–water partition coefficient (Wildman–Crippen LogP) is 3.91. The summed E-state index contributed by atoms with van der Waals surface area (Å²) in [6.45, 7) is 7.26. The first-order valence-electron chi connectivity index (χ1n) is 7.85. The Labute approximate surface area is 128 Å². The molecule has 21 heavy (non-hydrogen) atoms. The number of benzene rings is 1. The van der Waals surface area contributed by atoms with Gasteiger partial charge in [-0.1, -0.05) is 38.8 Å². The van der Waals surface area contributed by atoms with Crippen molar-refractivity contribution < 1.29 is 4.79 Å². The summed E-state index contributed by atoms with van der Waals surface area (Å²) < 4.78 is 0. The van der Waals surface area contributed by atoms with Crippen LogP contribution in [0.25, 0.3) is 0 Å². The standard InChI is InChI=1S/C17H29N3O/c1-13(2)8-5-6-11-19-17(21)20-16-10-7-9-15(12-16)14(3)18-4/h7,9-10,12-14,18H,5-6,8,11H2,1-4H3,(H2,19,20,21). The fraction of sp³-hybridized carbons (Fsp3) is 0.588. The van der Waals surface area contributed by atoms with Gasteiger partial charge >= 0.3 is 6.03 Å². The molecule has 4 nitrogen and oxygen atoms in total. The Kier molecular flexibility index (Phi) is 7.83. The van der Waals surface area contributed by atoms with E-state index < -0.39 is 0 Å². The van der Waals surface area contributed by atoms with Gasteiger partial charge in [0.15, 0.2) is 0 Å². The van der Waals surface area contributed by atoms with Gasteiger partial charge < -0.3 is 16.0 Å². The highest BCUT2D eigenvalue weighted by atomic mass is 16.2. The van der Waals surface area contributed by atoms with Crippen molar-refractivity contribution in [2.24, 2.45) is 5.92 Å². The van der Waals surface area contributed by atoms with Crippen molar-refractivity contribution >= 4 is 11.7 Å². The van der Waals surface area contributed by atoms with E-state index >= 15 is 0 Å². The molecular formula is C17H29N3O. The molecule has 0 fully saturated rings. The summed E-state index contributed by atoms with van der Waals surface area (Å²) in [4.78, 5) is 11.8. The van der Waals surface area contributed by atoms with E-state index in [1.807, 2.05) is 25.2 Å². The molecule has 2 amide bonds. The Hall–Kier alpha value is -1.55. The lowest BCUT2D eigenvalue weighted by Crippen LogP contribution is -2.29. The van der Waals surface area contributed by atoms with Crippen LogP contribution in [0.1, 0.15) is 51.6 Å². The summed E-state index contributed by atoms with van der Waals surface area (Å²) in [5, 5.41) is 8.98. The Bertz CT molecular complexity index is 432. The third-order valence-corrected chi connectivity index (χ3v) is 3.57. The highest BCUT2D eigenvalue weighted by molar-refractivity contribution is 5.89. The lowest BCUT2D eigenvalue weighted by atomic mass is 10.1. The number of nitrogens with one attached hydrogen (secondary N) is 3. The highest BCUT2D eigenvalue weighted by Crippen LogP contribution is 2.16. The van der Waals surface area contributed by atoms with E-state index in [2.05, 4.69) is 42.8 Å². The maximum Gasteiger partial charge on any atom is 0.319 e. The molecule has 1 aromatic carbocycles. The molecule has 0 heterocycles. The molecule has 0 bridgehead atoms. The van der Waals surface area contributed by atoms with E-state index in [0.29, 0.717) is 0 Å². The zero-order valence-corrected chi connectivity index (χ0v) is 13.7. The van der Waals surface area contributed by atoms with Gasteiger partial charge in [-0.3, -0.25) is 0 Å². The third-order valence-electron chi connectivity index (χ3n) is 3.57. The minimum absolute atomic E-state index is 0.131. The average molecular weight is 291 g/mol. The summed E-state index contributed by atoms with van der Waals surface area (Å²) in [5.41, 5.74) is 1.99. The smallest absolute Gasteiger partial charge is 0.319 e. The van der Waals surface area contributed by atoms with Crippen molar-refractivity contribution in [1.29, 1.82) is 0 Å². The monoisotopic (exact) mass is 291 g/mol. The lowest BCUT2D eigenvalue weighted by molar-refractivity contribution is 0.252. The second kappa shape index (κ2) is 9.40. The summed E-state index contributed by atoms with van der Waals surface area (Å²) in [5.74, 6) is 0.732. The molecule has 3 N–H and O–H groups in total. The van der Waals surface area contributed by atoms with Crippen molar-refractivity contribution in [2.45, 2.75) is 46.1 Å². The second-order valence-corrected chi connectivity index (χ2v) is 5.91. The van der Waals surface area contributed by atoms with Crippen molar-refractivity contribution in [2.75, 3.05) is 18.9 Å². The van der Waals surface area contributed by atoms with Gasteiger partial charge in [-0.25, -0.2) is 4.79 Å². The number of amides is 2. The number of unbranched alkanes of at least 4 members (excludes halogenated alkanes) is 1. The first-order chi connectivity index (χ1) is 10.0. The van der Waals surface area contributed by atoms with Gasteiger partial charge in [0.2, 0.25) is 0 Å². The largest absolute Gasteiger partial charge is 0.338 e. The van der Waals surface area contributed by atoms with E-state index in [0.717, 1.165) is 36.6 Å². The van der Waals surface area contributed by atoms with Crippen LogP contribution in [0, 0.1) is 5.92 Å². The number of carbonyl (C=O) groups excluding carboxylic acids is 1. The van der Waals surface area contributed by atoms with E-state index in [-0.39, 0.29) is 12.1 Å². The Morgan fingerprint density at radius 3 is 2.62 bits per heavy atom. The molecule has 0 saturated heterocycles. The zero-order valence-electron chi connectivity index (χ0n) is 13.7. The summed E-state index contributed by atoms with van der Waals surface area (Å²) >= 11 is 0. The SMILES string of the molecule is CNC(C)c1cccc(NC(=O)NCCCCC(C)C)c1. The molecule has 1 rings (SSSR count). The van der Waals surface area contributed by atoms with Gasteiger partial charge in [0.1, 0.15) is 0 Å². The molecule has 4 heteroatoms. The van der Waals surface area contributed by atoms with Crippen molar-refractivity contribution in [3.05, 3.63) is 29.8 Å². The molecule has 1 unspecified atom stereocenters. The minimum atomic E-state index is -0.131.